The van der Waals surface area contributed by atoms with Gasteiger partial charge in [-0.15, -0.1) is 11.3 Å². The normalized spacial score (nSPS) is 14.1. The molecule has 0 aliphatic heterocycles. The van der Waals surface area contributed by atoms with Gasteiger partial charge < -0.3 is 10.4 Å². The maximum absolute atomic E-state index is 11.8. The highest BCUT2D eigenvalue weighted by molar-refractivity contribution is 7.09. The molecule has 1 unspecified atom stereocenters. The first-order valence-electron chi connectivity index (χ1n) is 5.41. The zero-order valence-corrected chi connectivity index (χ0v) is 10.9. The molecule has 0 aliphatic carbocycles. The molecule has 0 aromatic carbocycles. The number of hydrogen-bond donors (Lipinski definition) is 2. The summed E-state index contributed by atoms with van der Waals surface area (Å²) in [4.78, 5) is 26.8. The molecule has 5 nitrogen and oxygen atoms in total. The molecule has 2 atom stereocenters. The topological polar surface area (TPSA) is 79.3 Å². The van der Waals surface area contributed by atoms with Crippen LogP contribution >= 0.6 is 11.3 Å². The van der Waals surface area contributed by atoms with E-state index in [2.05, 4.69) is 10.3 Å². The van der Waals surface area contributed by atoms with Crippen LogP contribution in [0.25, 0.3) is 0 Å². The molecule has 94 valence electrons. The van der Waals surface area contributed by atoms with Crippen LogP contribution in [0.15, 0.2) is 5.38 Å². The molecule has 2 N–H and O–H groups in total. The Balaban J connectivity index is 2.74. The molecule has 0 radical (unpaired) electrons. The lowest BCUT2D eigenvalue weighted by molar-refractivity contribution is -0.140. The fourth-order valence-corrected chi connectivity index (χ4v) is 1.96. The van der Waals surface area contributed by atoms with Crippen molar-refractivity contribution < 1.29 is 14.7 Å². The van der Waals surface area contributed by atoms with E-state index < -0.39 is 17.9 Å². The van der Waals surface area contributed by atoms with Crippen LogP contribution in [0.1, 0.15) is 35.8 Å². The number of nitrogens with zero attached hydrogens (tertiary/aromatic N) is 1. The molecule has 0 aliphatic rings. The number of hydrogen-bond acceptors (Lipinski definition) is 4. The standard InChI is InChI=1S/C11H16N2O3S/c1-4-6(2)9(11(15)16)13-10(14)8-5-17-7(3)12-8/h5-6,9H,4H2,1-3H3,(H,13,14)(H,15,16)/t6?,9-/m0/s1. The summed E-state index contributed by atoms with van der Waals surface area (Å²) in [5.74, 6) is -1.56. The second-order valence-corrected chi connectivity index (χ2v) is 4.99. The SMILES string of the molecule is CCC(C)[C@H](NC(=O)c1csc(C)n1)C(=O)O. The second-order valence-electron chi connectivity index (χ2n) is 3.93. The van der Waals surface area contributed by atoms with Gasteiger partial charge in [-0.25, -0.2) is 9.78 Å². The maximum atomic E-state index is 11.8. The van der Waals surface area contributed by atoms with E-state index in [0.29, 0.717) is 6.42 Å². The van der Waals surface area contributed by atoms with Gasteiger partial charge in [0.2, 0.25) is 0 Å². The molecule has 0 spiro atoms. The van der Waals surface area contributed by atoms with Crippen molar-refractivity contribution in [1.29, 1.82) is 0 Å². The molecule has 1 aromatic rings. The number of aromatic nitrogens is 1. The third-order valence-corrected chi connectivity index (χ3v) is 3.39. The van der Waals surface area contributed by atoms with Gasteiger partial charge in [0.15, 0.2) is 0 Å². The van der Waals surface area contributed by atoms with E-state index >= 15 is 0 Å². The average Bonchev–Trinajstić information content (AvgIpc) is 2.71. The Morgan fingerprint density at radius 2 is 2.24 bits per heavy atom. The van der Waals surface area contributed by atoms with Gasteiger partial charge in [-0.2, -0.15) is 0 Å². The number of carbonyl (C=O) groups excluding carboxylic acids is 1. The van der Waals surface area contributed by atoms with Crippen molar-refractivity contribution in [2.24, 2.45) is 5.92 Å². The van der Waals surface area contributed by atoms with Gasteiger partial charge in [-0.3, -0.25) is 4.79 Å². The Morgan fingerprint density at radius 3 is 2.65 bits per heavy atom. The third kappa shape index (κ3) is 3.52. The molecular weight excluding hydrogens is 240 g/mol. The molecule has 1 heterocycles. The maximum Gasteiger partial charge on any atom is 0.326 e. The van der Waals surface area contributed by atoms with Gasteiger partial charge in [0.1, 0.15) is 11.7 Å². The van der Waals surface area contributed by atoms with Gasteiger partial charge >= 0.3 is 5.97 Å². The van der Waals surface area contributed by atoms with Gasteiger partial charge in [0.05, 0.1) is 5.01 Å². The molecule has 0 bridgehead atoms. The summed E-state index contributed by atoms with van der Waals surface area (Å²) in [7, 11) is 0. The summed E-state index contributed by atoms with van der Waals surface area (Å²) in [6.45, 7) is 5.48. The summed E-state index contributed by atoms with van der Waals surface area (Å²) >= 11 is 1.36. The van der Waals surface area contributed by atoms with Crippen molar-refractivity contribution in [2.75, 3.05) is 0 Å². The van der Waals surface area contributed by atoms with Gasteiger partial charge in [-0.05, 0) is 12.8 Å². The highest BCUT2D eigenvalue weighted by Crippen LogP contribution is 2.11. The van der Waals surface area contributed by atoms with E-state index in [0.717, 1.165) is 5.01 Å². The van der Waals surface area contributed by atoms with Crippen LogP contribution in [0.2, 0.25) is 0 Å². The molecule has 0 saturated heterocycles. The Kier molecular flexibility index (Phi) is 4.62. The number of nitrogens with one attached hydrogen (secondary N) is 1. The first kappa shape index (κ1) is 13.6. The number of thiazole rings is 1. The minimum atomic E-state index is -1.01. The molecule has 1 rings (SSSR count). The zero-order chi connectivity index (χ0) is 13.0. The quantitative estimate of drug-likeness (QED) is 0.840. The minimum absolute atomic E-state index is 0.115. The zero-order valence-electron chi connectivity index (χ0n) is 10.1. The lowest BCUT2D eigenvalue weighted by Crippen LogP contribution is -2.45. The number of amides is 1. The Labute approximate surface area is 104 Å². The van der Waals surface area contributed by atoms with E-state index in [1.165, 1.54) is 11.3 Å². The van der Waals surface area contributed by atoms with Crippen molar-refractivity contribution in [1.82, 2.24) is 10.3 Å². The lowest BCUT2D eigenvalue weighted by atomic mass is 9.99. The summed E-state index contributed by atoms with van der Waals surface area (Å²) < 4.78 is 0. The van der Waals surface area contributed by atoms with E-state index in [1.807, 2.05) is 6.92 Å². The second kappa shape index (κ2) is 5.77. The Morgan fingerprint density at radius 1 is 1.59 bits per heavy atom. The monoisotopic (exact) mass is 256 g/mol. The summed E-state index contributed by atoms with van der Waals surface area (Å²) in [6, 6.07) is -0.866. The molecule has 1 aromatic heterocycles. The Hall–Kier alpha value is -1.43. The lowest BCUT2D eigenvalue weighted by Gasteiger charge is -2.19. The van der Waals surface area contributed by atoms with Crippen LogP contribution in [0.3, 0.4) is 0 Å². The molecule has 0 saturated carbocycles. The molecular formula is C11H16N2O3S. The van der Waals surface area contributed by atoms with Gasteiger partial charge in [0, 0.05) is 5.38 Å². The van der Waals surface area contributed by atoms with Crippen molar-refractivity contribution in [3.8, 4) is 0 Å². The van der Waals surface area contributed by atoms with Crippen LogP contribution in [-0.2, 0) is 4.79 Å². The molecule has 0 fully saturated rings. The minimum Gasteiger partial charge on any atom is -0.480 e. The smallest absolute Gasteiger partial charge is 0.326 e. The summed E-state index contributed by atoms with van der Waals surface area (Å²) in [5.41, 5.74) is 0.280. The number of aryl methyl sites for hydroxylation is 1. The number of carboxylic acid groups (broad SMARTS) is 1. The largest absolute Gasteiger partial charge is 0.480 e. The predicted molar refractivity (Wildman–Crippen MR) is 65.2 cm³/mol. The fourth-order valence-electron chi connectivity index (χ4n) is 1.37. The fraction of sp³-hybridized carbons (Fsp3) is 0.545. The van der Waals surface area contributed by atoms with Crippen LogP contribution in [-0.4, -0.2) is 28.0 Å². The van der Waals surface area contributed by atoms with Crippen LogP contribution in [0.4, 0.5) is 0 Å². The first-order chi connectivity index (χ1) is 7.95. The predicted octanol–water partition coefficient (Wildman–Crippen LogP) is 1.68. The number of aliphatic carboxylic acids is 1. The van der Waals surface area contributed by atoms with Crippen LogP contribution in [0.5, 0.6) is 0 Å². The van der Waals surface area contributed by atoms with Gasteiger partial charge in [-0.1, -0.05) is 20.3 Å². The summed E-state index contributed by atoms with van der Waals surface area (Å²) in [6.07, 6.45) is 0.688. The Bertz CT molecular complexity index is 417. The molecule has 6 heteroatoms. The van der Waals surface area contributed by atoms with E-state index in [-0.39, 0.29) is 11.6 Å². The van der Waals surface area contributed by atoms with Crippen molar-refractivity contribution in [3.05, 3.63) is 16.1 Å². The number of rotatable bonds is 5. The van der Waals surface area contributed by atoms with Crippen molar-refractivity contribution >= 4 is 23.2 Å². The summed E-state index contributed by atoms with van der Waals surface area (Å²) in [5, 5.41) is 14.0. The van der Waals surface area contributed by atoms with Crippen molar-refractivity contribution in [3.63, 3.8) is 0 Å². The first-order valence-corrected chi connectivity index (χ1v) is 6.29. The highest BCUT2D eigenvalue weighted by Gasteiger charge is 2.26. The third-order valence-electron chi connectivity index (χ3n) is 2.62. The van der Waals surface area contributed by atoms with E-state index in [9.17, 15) is 9.59 Å². The number of carboxylic acids is 1. The van der Waals surface area contributed by atoms with Gasteiger partial charge in [0.25, 0.3) is 5.91 Å². The highest BCUT2D eigenvalue weighted by atomic mass is 32.1. The van der Waals surface area contributed by atoms with Crippen LogP contribution < -0.4 is 5.32 Å². The van der Waals surface area contributed by atoms with E-state index in [1.54, 1.807) is 19.2 Å². The van der Waals surface area contributed by atoms with Crippen molar-refractivity contribution in [2.45, 2.75) is 33.2 Å². The van der Waals surface area contributed by atoms with Crippen LogP contribution in [0, 0.1) is 12.8 Å². The van der Waals surface area contributed by atoms with E-state index in [4.69, 9.17) is 5.11 Å². The number of carbonyl (C=O) groups is 2. The molecule has 17 heavy (non-hydrogen) atoms. The molecule has 1 amide bonds. The average molecular weight is 256 g/mol.